The SMILES string of the molecule is c1ccc(COc2ccc(SC3CCNCC3)cc2)cc1. The van der Waals surface area contributed by atoms with E-state index in [0.717, 1.165) is 24.1 Å². The maximum atomic E-state index is 5.82. The number of hydrogen-bond donors (Lipinski definition) is 1. The van der Waals surface area contributed by atoms with E-state index in [0.29, 0.717) is 6.61 Å². The summed E-state index contributed by atoms with van der Waals surface area (Å²) in [6, 6.07) is 18.8. The average molecular weight is 299 g/mol. The van der Waals surface area contributed by atoms with Crippen LogP contribution in [0.2, 0.25) is 0 Å². The zero-order chi connectivity index (χ0) is 14.3. The number of hydrogen-bond acceptors (Lipinski definition) is 3. The smallest absolute Gasteiger partial charge is 0.119 e. The van der Waals surface area contributed by atoms with Crippen LogP contribution in [0.4, 0.5) is 0 Å². The van der Waals surface area contributed by atoms with Crippen molar-refractivity contribution in [1.82, 2.24) is 5.32 Å². The zero-order valence-corrected chi connectivity index (χ0v) is 12.9. The second kappa shape index (κ2) is 7.53. The van der Waals surface area contributed by atoms with E-state index in [1.54, 1.807) is 0 Å². The van der Waals surface area contributed by atoms with Gasteiger partial charge in [0, 0.05) is 10.1 Å². The van der Waals surface area contributed by atoms with Crippen LogP contribution in [0.25, 0.3) is 0 Å². The van der Waals surface area contributed by atoms with E-state index in [9.17, 15) is 0 Å². The van der Waals surface area contributed by atoms with Crippen LogP contribution in [0.1, 0.15) is 18.4 Å². The fourth-order valence-electron chi connectivity index (χ4n) is 2.46. The van der Waals surface area contributed by atoms with Gasteiger partial charge in [-0.15, -0.1) is 11.8 Å². The Bertz CT molecular complexity index is 535. The van der Waals surface area contributed by atoms with E-state index in [2.05, 4.69) is 41.7 Å². The molecule has 1 saturated heterocycles. The maximum Gasteiger partial charge on any atom is 0.119 e. The number of benzene rings is 2. The predicted octanol–water partition coefficient (Wildman–Crippen LogP) is 4.11. The van der Waals surface area contributed by atoms with E-state index in [1.165, 1.54) is 23.3 Å². The van der Waals surface area contributed by atoms with Crippen molar-refractivity contribution < 1.29 is 4.74 Å². The van der Waals surface area contributed by atoms with Crippen molar-refractivity contribution >= 4 is 11.8 Å². The summed E-state index contributed by atoms with van der Waals surface area (Å²) in [6.07, 6.45) is 2.52. The first kappa shape index (κ1) is 14.5. The van der Waals surface area contributed by atoms with Gasteiger partial charge >= 0.3 is 0 Å². The highest BCUT2D eigenvalue weighted by atomic mass is 32.2. The molecule has 0 unspecified atom stereocenters. The first-order valence-electron chi connectivity index (χ1n) is 7.54. The van der Waals surface area contributed by atoms with Gasteiger partial charge in [-0.05, 0) is 55.8 Å². The predicted molar refractivity (Wildman–Crippen MR) is 89.0 cm³/mol. The van der Waals surface area contributed by atoms with Gasteiger partial charge < -0.3 is 10.1 Å². The van der Waals surface area contributed by atoms with Crippen molar-refractivity contribution in [2.24, 2.45) is 0 Å². The average Bonchev–Trinajstić information content (AvgIpc) is 2.56. The Kier molecular flexibility index (Phi) is 5.19. The Balaban J connectivity index is 1.51. The van der Waals surface area contributed by atoms with Gasteiger partial charge in [0.2, 0.25) is 0 Å². The van der Waals surface area contributed by atoms with Gasteiger partial charge in [-0.3, -0.25) is 0 Å². The molecule has 3 rings (SSSR count). The molecule has 21 heavy (non-hydrogen) atoms. The molecular weight excluding hydrogens is 278 g/mol. The Morgan fingerprint density at radius 3 is 2.38 bits per heavy atom. The lowest BCUT2D eigenvalue weighted by Gasteiger charge is -2.22. The van der Waals surface area contributed by atoms with Crippen LogP contribution in [0, 0.1) is 0 Å². The third-order valence-corrected chi connectivity index (χ3v) is 5.01. The van der Waals surface area contributed by atoms with Crippen molar-refractivity contribution in [3.05, 3.63) is 60.2 Å². The number of nitrogens with one attached hydrogen (secondary N) is 1. The molecular formula is C18H21NOS. The van der Waals surface area contributed by atoms with Gasteiger partial charge in [-0.25, -0.2) is 0 Å². The van der Waals surface area contributed by atoms with Crippen molar-refractivity contribution in [3.63, 3.8) is 0 Å². The Morgan fingerprint density at radius 1 is 0.952 bits per heavy atom. The van der Waals surface area contributed by atoms with Crippen LogP contribution >= 0.6 is 11.8 Å². The van der Waals surface area contributed by atoms with Crippen molar-refractivity contribution in [2.45, 2.75) is 29.6 Å². The summed E-state index contributed by atoms with van der Waals surface area (Å²) in [5, 5.41) is 4.16. The summed E-state index contributed by atoms with van der Waals surface area (Å²) in [5.41, 5.74) is 1.20. The molecule has 1 aliphatic heterocycles. The molecule has 0 aliphatic carbocycles. The summed E-state index contributed by atoms with van der Waals surface area (Å²) in [5.74, 6) is 0.938. The molecule has 0 bridgehead atoms. The van der Waals surface area contributed by atoms with E-state index < -0.39 is 0 Å². The van der Waals surface area contributed by atoms with E-state index in [4.69, 9.17) is 4.74 Å². The lowest BCUT2D eigenvalue weighted by molar-refractivity contribution is 0.306. The highest BCUT2D eigenvalue weighted by Crippen LogP contribution is 2.29. The Hall–Kier alpha value is -1.45. The molecule has 2 aromatic rings. The second-order valence-corrected chi connectivity index (χ2v) is 6.69. The lowest BCUT2D eigenvalue weighted by Crippen LogP contribution is -2.29. The first-order chi connectivity index (χ1) is 10.4. The van der Waals surface area contributed by atoms with Crippen molar-refractivity contribution in [3.8, 4) is 5.75 Å². The summed E-state index contributed by atoms with van der Waals surface area (Å²) in [7, 11) is 0. The molecule has 1 aliphatic rings. The molecule has 2 aromatic carbocycles. The maximum absolute atomic E-state index is 5.82. The zero-order valence-electron chi connectivity index (χ0n) is 12.1. The number of ether oxygens (including phenoxy) is 1. The van der Waals surface area contributed by atoms with E-state index in [-0.39, 0.29) is 0 Å². The normalized spacial score (nSPS) is 15.8. The molecule has 0 saturated carbocycles. The van der Waals surface area contributed by atoms with E-state index >= 15 is 0 Å². The molecule has 0 amide bonds. The molecule has 3 heteroatoms. The number of thioether (sulfide) groups is 1. The van der Waals surface area contributed by atoms with Crippen molar-refractivity contribution in [2.75, 3.05) is 13.1 Å². The number of rotatable bonds is 5. The van der Waals surface area contributed by atoms with Crippen molar-refractivity contribution in [1.29, 1.82) is 0 Å². The molecule has 2 nitrogen and oxygen atoms in total. The molecule has 1 N–H and O–H groups in total. The molecule has 110 valence electrons. The second-order valence-electron chi connectivity index (χ2n) is 5.31. The number of piperidine rings is 1. The summed E-state index contributed by atoms with van der Waals surface area (Å²) in [6.45, 7) is 2.92. The minimum absolute atomic E-state index is 0.627. The third-order valence-electron chi connectivity index (χ3n) is 3.66. The monoisotopic (exact) mass is 299 g/mol. The van der Waals surface area contributed by atoms with Crippen LogP contribution in [0.5, 0.6) is 5.75 Å². The van der Waals surface area contributed by atoms with Gasteiger partial charge in [0.25, 0.3) is 0 Å². The van der Waals surface area contributed by atoms with Gasteiger partial charge in [0.05, 0.1) is 0 Å². The van der Waals surface area contributed by atoms with Crippen LogP contribution in [-0.2, 0) is 6.61 Å². The highest BCUT2D eigenvalue weighted by molar-refractivity contribution is 8.00. The minimum Gasteiger partial charge on any atom is -0.489 e. The quantitative estimate of drug-likeness (QED) is 0.897. The van der Waals surface area contributed by atoms with E-state index in [1.807, 2.05) is 30.0 Å². The van der Waals surface area contributed by atoms with Crippen LogP contribution in [0.3, 0.4) is 0 Å². The van der Waals surface area contributed by atoms with Gasteiger partial charge in [0.15, 0.2) is 0 Å². The molecule has 0 atom stereocenters. The first-order valence-corrected chi connectivity index (χ1v) is 8.42. The van der Waals surface area contributed by atoms with Gasteiger partial charge in [0.1, 0.15) is 12.4 Å². The van der Waals surface area contributed by atoms with Crippen LogP contribution in [0.15, 0.2) is 59.5 Å². The fourth-order valence-corrected chi connectivity index (χ4v) is 3.61. The topological polar surface area (TPSA) is 21.3 Å². The summed E-state index contributed by atoms with van der Waals surface area (Å²) >= 11 is 1.99. The molecule has 0 aromatic heterocycles. The largest absolute Gasteiger partial charge is 0.489 e. The molecule has 1 fully saturated rings. The van der Waals surface area contributed by atoms with Gasteiger partial charge in [-0.2, -0.15) is 0 Å². The highest BCUT2D eigenvalue weighted by Gasteiger charge is 2.13. The standard InChI is InChI=1S/C18H21NOS/c1-2-4-15(5-3-1)14-20-16-6-8-17(9-7-16)21-18-10-12-19-13-11-18/h1-9,18-19H,10-14H2. The summed E-state index contributed by atoms with van der Waals surface area (Å²) in [4.78, 5) is 1.34. The fraction of sp³-hybridized carbons (Fsp3) is 0.333. The lowest BCUT2D eigenvalue weighted by atomic mass is 10.2. The molecule has 0 radical (unpaired) electrons. The van der Waals surface area contributed by atoms with Crippen LogP contribution in [-0.4, -0.2) is 18.3 Å². The Morgan fingerprint density at radius 2 is 1.67 bits per heavy atom. The molecule has 1 heterocycles. The molecule has 0 spiro atoms. The third kappa shape index (κ3) is 4.51. The minimum atomic E-state index is 0.627. The van der Waals surface area contributed by atoms with Crippen LogP contribution < -0.4 is 10.1 Å². The summed E-state index contributed by atoms with van der Waals surface area (Å²) < 4.78 is 5.82. The van der Waals surface area contributed by atoms with Gasteiger partial charge in [-0.1, -0.05) is 30.3 Å². The Labute approximate surface area is 130 Å².